The van der Waals surface area contributed by atoms with E-state index in [4.69, 9.17) is 27.9 Å². The Morgan fingerprint density at radius 1 is 0.537 bits per heavy atom. The van der Waals surface area contributed by atoms with Crippen LogP contribution in [0.4, 0.5) is 78.4 Å². The summed E-state index contributed by atoms with van der Waals surface area (Å²) < 4.78 is 167. The molecule has 0 aromatic heterocycles. The van der Waals surface area contributed by atoms with E-state index < -0.39 is 60.8 Å². The summed E-state index contributed by atoms with van der Waals surface area (Å²) in [4.78, 5) is 58.5. The SMILES string of the molecule is CC(=O)NC1CCN(c2ccc(Cl)cc2CN2CC3CN(C(=O)OC(C(F)(F)F)C(F)(F)F)CC3C2)CC1.CC(C)(C)OC(=O)NC1CCN(c2ccc(Cl)cc2CN2CC3CN(C(=O)OC(C(F)(F)F)C(F)(F)F)CC3C2)CC1. The molecule has 4 amide bonds. The molecule has 2 aromatic carbocycles. The average molecular weight is 1200 g/mol. The van der Waals surface area contributed by atoms with Crippen LogP contribution in [0.1, 0.15) is 64.5 Å². The van der Waals surface area contributed by atoms with Gasteiger partial charge in [0.15, 0.2) is 0 Å². The Morgan fingerprint density at radius 2 is 0.863 bits per heavy atom. The van der Waals surface area contributed by atoms with Crippen LogP contribution in [-0.4, -0.2) is 177 Å². The number of hydrogen-bond acceptors (Lipinski definition) is 11. The number of alkyl carbamates (subject to hydrolysis) is 1. The third-order valence-electron chi connectivity index (χ3n) is 14.9. The number of nitrogens with zero attached hydrogens (tertiary/aromatic N) is 6. The molecule has 6 heterocycles. The number of carbonyl (C=O) groups excluding carboxylic acids is 4. The predicted octanol–water partition coefficient (Wildman–Crippen LogP) is 10.3. The monoisotopic (exact) mass is 1200 g/mol. The van der Waals surface area contributed by atoms with Gasteiger partial charge < -0.3 is 44.4 Å². The molecule has 8 rings (SSSR count). The number of amides is 4. The molecule has 0 saturated carbocycles. The molecule has 6 saturated heterocycles. The van der Waals surface area contributed by atoms with Gasteiger partial charge in [0.1, 0.15) is 5.60 Å². The summed E-state index contributed by atoms with van der Waals surface area (Å²) in [6.45, 7) is 13.1. The zero-order valence-corrected chi connectivity index (χ0v) is 45.7. The number of piperidine rings is 2. The highest BCUT2D eigenvalue weighted by Gasteiger charge is 2.62. The molecular formula is C51H64Cl2F12N8O7. The van der Waals surface area contributed by atoms with Gasteiger partial charge in [0.05, 0.1) is 0 Å². The van der Waals surface area contributed by atoms with Crippen LogP contribution in [0, 0.1) is 23.7 Å². The van der Waals surface area contributed by atoms with Crippen molar-refractivity contribution in [2.45, 2.75) is 121 Å². The normalized spacial score (nSPS) is 22.8. The van der Waals surface area contributed by atoms with Crippen LogP contribution in [-0.2, 0) is 32.1 Å². The Bertz CT molecular complexity index is 2450. The molecule has 0 radical (unpaired) electrons. The molecule has 0 aliphatic carbocycles. The number of nitrogens with one attached hydrogen (secondary N) is 2. The lowest BCUT2D eigenvalue weighted by Crippen LogP contribution is -2.48. The largest absolute Gasteiger partial charge is 0.444 e. The fourth-order valence-corrected chi connectivity index (χ4v) is 11.9. The smallest absolute Gasteiger partial charge is 0.434 e. The Hall–Kier alpha value is -5.02. The van der Waals surface area contributed by atoms with E-state index in [1.807, 2.05) is 36.4 Å². The van der Waals surface area contributed by atoms with E-state index in [2.05, 4.69) is 39.7 Å². The second kappa shape index (κ2) is 24.8. The Labute approximate surface area is 464 Å². The molecule has 0 spiro atoms. The number of ether oxygens (including phenoxy) is 3. The lowest BCUT2D eigenvalue weighted by Gasteiger charge is -2.36. The van der Waals surface area contributed by atoms with Crippen LogP contribution in [0.25, 0.3) is 0 Å². The zero-order chi connectivity index (χ0) is 58.9. The van der Waals surface area contributed by atoms with Crippen molar-refractivity contribution >= 4 is 58.8 Å². The van der Waals surface area contributed by atoms with Gasteiger partial charge in [-0.1, -0.05) is 23.2 Å². The molecule has 448 valence electrons. The van der Waals surface area contributed by atoms with Crippen LogP contribution in [0.3, 0.4) is 0 Å². The number of anilines is 2. The van der Waals surface area contributed by atoms with E-state index in [0.29, 0.717) is 62.4 Å². The number of hydrogen-bond donors (Lipinski definition) is 2. The molecule has 2 N–H and O–H groups in total. The van der Waals surface area contributed by atoms with Gasteiger partial charge in [-0.3, -0.25) is 14.6 Å². The first-order chi connectivity index (χ1) is 37.1. The van der Waals surface area contributed by atoms with Crippen molar-refractivity contribution in [1.82, 2.24) is 30.2 Å². The molecular weight excluding hydrogens is 1140 g/mol. The van der Waals surface area contributed by atoms with E-state index in [-0.39, 0.29) is 67.8 Å². The number of benzene rings is 2. The van der Waals surface area contributed by atoms with E-state index in [0.717, 1.165) is 71.1 Å². The number of rotatable bonds is 10. The highest BCUT2D eigenvalue weighted by atomic mass is 35.5. The minimum absolute atomic E-state index is 0.0121. The number of fused-ring (bicyclic) bond motifs is 2. The van der Waals surface area contributed by atoms with Gasteiger partial charge >= 0.3 is 43.0 Å². The van der Waals surface area contributed by atoms with Gasteiger partial charge in [0.25, 0.3) is 12.2 Å². The van der Waals surface area contributed by atoms with Gasteiger partial charge in [-0.25, -0.2) is 14.4 Å². The minimum atomic E-state index is -5.75. The van der Waals surface area contributed by atoms with Gasteiger partial charge in [-0.15, -0.1) is 0 Å². The van der Waals surface area contributed by atoms with Crippen LogP contribution >= 0.6 is 23.2 Å². The first kappa shape index (κ1) is 62.6. The van der Waals surface area contributed by atoms with Crippen LogP contribution < -0.4 is 20.4 Å². The number of likely N-dealkylation sites (tertiary alicyclic amines) is 4. The fraction of sp³-hybridized carbons (Fsp3) is 0.686. The molecule has 29 heteroatoms. The molecule has 6 aliphatic rings. The third-order valence-corrected chi connectivity index (χ3v) is 15.4. The average Bonchev–Trinajstić information content (AvgIpc) is 4.10. The van der Waals surface area contributed by atoms with Gasteiger partial charge in [0, 0.05) is 132 Å². The summed E-state index contributed by atoms with van der Waals surface area (Å²) in [5.74, 6) is -0.444. The number of carbonyl (C=O) groups is 4. The highest BCUT2D eigenvalue weighted by Crippen LogP contribution is 2.41. The molecule has 80 heavy (non-hydrogen) atoms. The van der Waals surface area contributed by atoms with Crippen molar-refractivity contribution in [3.8, 4) is 0 Å². The van der Waals surface area contributed by atoms with Gasteiger partial charge in [-0.05, 0) is 118 Å². The van der Waals surface area contributed by atoms with Gasteiger partial charge in [-0.2, -0.15) is 52.7 Å². The molecule has 0 bridgehead atoms. The van der Waals surface area contributed by atoms with Crippen LogP contribution in [0.5, 0.6) is 0 Å². The maximum absolute atomic E-state index is 12.8. The number of halogens is 14. The summed E-state index contributed by atoms with van der Waals surface area (Å²) in [6.07, 6.45) is -31.9. The summed E-state index contributed by atoms with van der Waals surface area (Å²) in [7, 11) is 0. The van der Waals surface area contributed by atoms with Crippen molar-refractivity contribution in [2.75, 3.05) is 88.3 Å². The van der Waals surface area contributed by atoms with E-state index in [1.165, 1.54) is 6.92 Å². The summed E-state index contributed by atoms with van der Waals surface area (Å²) >= 11 is 12.6. The summed E-state index contributed by atoms with van der Waals surface area (Å²) in [6, 6.07) is 11.4. The first-order valence-corrected chi connectivity index (χ1v) is 26.8. The Kier molecular flexibility index (Phi) is 19.4. The van der Waals surface area contributed by atoms with Gasteiger partial charge in [0.2, 0.25) is 5.91 Å². The Morgan fingerprint density at radius 3 is 1.16 bits per heavy atom. The van der Waals surface area contributed by atoms with Crippen molar-refractivity contribution in [3.05, 3.63) is 57.6 Å². The molecule has 6 fully saturated rings. The molecule has 4 unspecified atom stereocenters. The van der Waals surface area contributed by atoms with Crippen LogP contribution in [0.2, 0.25) is 10.0 Å². The molecule has 15 nitrogen and oxygen atoms in total. The standard InChI is InChI=1S/C27H35ClF6N4O4.C24H29ClF6N4O3/c1-25(2,3)42-23(39)35-20-6-8-37(9-7-20)21-5-4-19(28)10-16(21)11-36-12-17-14-38(15-18(17)13-36)24(40)41-22(26(29,30)31)27(32,33)34;1-14(36)32-19-4-6-34(7-5-19)20-3-2-18(25)8-15(20)9-33-10-16-12-35(13-17(16)11-33)22(37)38-21(23(26,27)28)24(29,30)31/h4-5,10,17-18,20,22H,6-9,11-15H2,1-3H3,(H,35,39);2-3,8,16-17,19,21H,4-7,9-13H2,1H3,(H,32,36). The van der Waals surface area contributed by atoms with Crippen molar-refractivity contribution in [2.24, 2.45) is 23.7 Å². The van der Waals surface area contributed by atoms with E-state index >= 15 is 0 Å². The quantitative estimate of drug-likeness (QED) is 0.174. The lowest BCUT2D eigenvalue weighted by molar-refractivity contribution is -0.309. The Balaban J connectivity index is 0.000000232. The first-order valence-electron chi connectivity index (χ1n) is 26.1. The van der Waals surface area contributed by atoms with E-state index in [1.54, 1.807) is 20.8 Å². The predicted molar refractivity (Wildman–Crippen MR) is 269 cm³/mol. The third kappa shape index (κ3) is 16.8. The molecule has 6 aliphatic heterocycles. The fourth-order valence-electron chi connectivity index (χ4n) is 11.5. The maximum Gasteiger partial charge on any atom is 0.434 e. The van der Waals surface area contributed by atoms with Crippen molar-refractivity contribution in [1.29, 1.82) is 0 Å². The lowest BCUT2D eigenvalue weighted by atomic mass is 10.0. The second-order valence-corrected chi connectivity index (χ2v) is 23.2. The summed E-state index contributed by atoms with van der Waals surface area (Å²) in [5, 5.41) is 7.02. The highest BCUT2D eigenvalue weighted by molar-refractivity contribution is 6.31. The number of alkyl halides is 12. The van der Waals surface area contributed by atoms with Crippen molar-refractivity contribution < 1.29 is 86.1 Å². The zero-order valence-electron chi connectivity index (χ0n) is 44.1. The summed E-state index contributed by atoms with van der Waals surface area (Å²) in [5.41, 5.74) is 3.44. The van der Waals surface area contributed by atoms with E-state index in [9.17, 15) is 71.9 Å². The van der Waals surface area contributed by atoms with Crippen molar-refractivity contribution in [3.63, 3.8) is 0 Å². The van der Waals surface area contributed by atoms with Crippen LogP contribution in [0.15, 0.2) is 36.4 Å². The molecule has 4 atom stereocenters. The second-order valence-electron chi connectivity index (χ2n) is 22.3. The topological polar surface area (TPSA) is 139 Å². The minimum Gasteiger partial charge on any atom is -0.444 e. The maximum atomic E-state index is 12.8. The molecule has 2 aromatic rings.